The molecule has 2 aromatic rings. The molecule has 2 aromatic heterocycles. The third kappa shape index (κ3) is 1.98. The third-order valence-corrected chi connectivity index (χ3v) is 3.65. The van der Waals surface area contributed by atoms with Crippen LogP contribution in [-0.2, 0) is 0 Å². The van der Waals surface area contributed by atoms with Crippen LogP contribution in [0.15, 0.2) is 32.2 Å². The maximum atomic E-state index is 4.33. The van der Waals surface area contributed by atoms with Gasteiger partial charge in [0.2, 0.25) is 0 Å². The standard InChI is InChI=1S/C8H4Br2N2S/c9-7-6(12-8(10)13-7)5-2-1-3-11-4-5/h1-4H. The van der Waals surface area contributed by atoms with Gasteiger partial charge in [-0.2, -0.15) is 0 Å². The molecule has 0 aliphatic rings. The Morgan fingerprint density at radius 3 is 2.69 bits per heavy atom. The highest BCUT2D eigenvalue weighted by Gasteiger charge is 2.08. The van der Waals surface area contributed by atoms with Gasteiger partial charge in [0.1, 0.15) is 0 Å². The summed E-state index contributed by atoms with van der Waals surface area (Å²) in [6, 6.07) is 3.88. The molecule has 13 heavy (non-hydrogen) atoms. The smallest absolute Gasteiger partial charge is 0.160 e. The van der Waals surface area contributed by atoms with E-state index in [0.29, 0.717) is 0 Å². The lowest BCUT2D eigenvalue weighted by Crippen LogP contribution is -1.79. The van der Waals surface area contributed by atoms with E-state index in [1.807, 2.05) is 12.1 Å². The molecular formula is C8H4Br2N2S. The molecule has 0 aliphatic heterocycles. The first kappa shape index (κ1) is 9.30. The first-order valence-electron chi connectivity index (χ1n) is 3.49. The minimum Gasteiger partial charge on any atom is -0.264 e. The summed E-state index contributed by atoms with van der Waals surface area (Å²) >= 11 is 8.35. The average molecular weight is 320 g/mol. The fourth-order valence-electron chi connectivity index (χ4n) is 0.958. The van der Waals surface area contributed by atoms with Crippen molar-refractivity contribution in [2.45, 2.75) is 0 Å². The first-order chi connectivity index (χ1) is 6.27. The Balaban J connectivity index is 2.53. The van der Waals surface area contributed by atoms with Crippen molar-refractivity contribution in [1.29, 1.82) is 0 Å². The summed E-state index contributed by atoms with van der Waals surface area (Å²) in [5.41, 5.74) is 1.96. The molecule has 0 saturated heterocycles. The maximum absolute atomic E-state index is 4.33. The van der Waals surface area contributed by atoms with Gasteiger partial charge in [0.15, 0.2) is 3.92 Å². The van der Waals surface area contributed by atoms with Crippen molar-refractivity contribution < 1.29 is 0 Å². The van der Waals surface area contributed by atoms with Crippen molar-refractivity contribution in [3.8, 4) is 11.3 Å². The lowest BCUT2D eigenvalue weighted by molar-refractivity contribution is 1.29. The molecule has 0 aliphatic carbocycles. The number of halogens is 2. The monoisotopic (exact) mass is 318 g/mol. The zero-order chi connectivity index (χ0) is 9.26. The molecule has 0 fully saturated rings. The molecular weight excluding hydrogens is 316 g/mol. The average Bonchev–Trinajstić information content (AvgIpc) is 2.47. The Labute approximate surface area is 96.3 Å². The largest absolute Gasteiger partial charge is 0.264 e. The summed E-state index contributed by atoms with van der Waals surface area (Å²) in [4.78, 5) is 8.37. The summed E-state index contributed by atoms with van der Waals surface area (Å²) in [6.45, 7) is 0. The van der Waals surface area contributed by atoms with Gasteiger partial charge in [-0.05, 0) is 44.0 Å². The molecule has 2 nitrogen and oxygen atoms in total. The van der Waals surface area contributed by atoms with E-state index in [1.54, 1.807) is 23.7 Å². The molecule has 2 rings (SSSR count). The van der Waals surface area contributed by atoms with Gasteiger partial charge in [-0.25, -0.2) is 4.98 Å². The second-order valence-electron chi connectivity index (χ2n) is 2.33. The number of hydrogen-bond donors (Lipinski definition) is 0. The van der Waals surface area contributed by atoms with Gasteiger partial charge in [-0.3, -0.25) is 4.98 Å². The SMILES string of the molecule is Brc1nc(-c2cccnc2)c(Br)s1. The predicted molar refractivity (Wildman–Crippen MR) is 60.7 cm³/mol. The molecule has 0 amide bonds. The van der Waals surface area contributed by atoms with E-state index < -0.39 is 0 Å². The van der Waals surface area contributed by atoms with Crippen LogP contribution in [0.4, 0.5) is 0 Å². The van der Waals surface area contributed by atoms with E-state index in [4.69, 9.17) is 0 Å². The summed E-state index contributed by atoms with van der Waals surface area (Å²) in [6.07, 6.45) is 3.55. The van der Waals surface area contributed by atoms with Crippen molar-refractivity contribution in [2.24, 2.45) is 0 Å². The summed E-state index contributed by atoms with van der Waals surface area (Å²) < 4.78 is 1.89. The minimum atomic E-state index is 0.873. The predicted octanol–water partition coefficient (Wildman–Crippen LogP) is 3.73. The van der Waals surface area contributed by atoms with Crippen LogP contribution in [0, 0.1) is 0 Å². The third-order valence-electron chi connectivity index (χ3n) is 1.49. The van der Waals surface area contributed by atoms with Crippen LogP contribution < -0.4 is 0 Å². The molecule has 0 aromatic carbocycles. The van der Waals surface area contributed by atoms with Crippen LogP contribution in [0.1, 0.15) is 0 Å². The quantitative estimate of drug-likeness (QED) is 0.800. The van der Waals surface area contributed by atoms with Gasteiger partial charge in [-0.1, -0.05) is 11.3 Å². The van der Waals surface area contributed by atoms with Crippen LogP contribution in [0.3, 0.4) is 0 Å². The highest BCUT2D eigenvalue weighted by Crippen LogP contribution is 2.34. The van der Waals surface area contributed by atoms with Crippen molar-refractivity contribution in [3.05, 3.63) is 32.2 Å². The Hall–Kier alpha value is -0.260. The molecule has 0 N–H and O–H groups in total. The Bertz CT molecular complexity index is 413. The number of rotatable bonds is 1. The second kappa shape index (κ2) is 3.86. The number of nitrogens with zero attached hydrogens (tertiary/aromatic N) is 2. The summed E-state index contributed by atoms with van der Waals surface area (Å²) in [5, 5.41) is 0. The summed E-state index contributed by atoms with van der Waals surface area (Å²) in [5.74, 6) is 0. The van der Waals surface area contributed by atoms with Gasteiger partial charge in [0, 0.05) is 18.0 Å². The van der Waals surface area contributed by atoms with Crippen molar-refractivity contribution in [2.75, 3.05) is 0 Å². The van der Waals surface area contributed by atoms with Crippen LogP contribution in [0.2, 0.25) is 0 Å². The molecule has 0 saturated carbocycles. The number of pyridine rings is 1. The van der Waals surface area contributed by atoms with Crippen LogP contribution in [-0.4, -0.2) is 9.97 Å². The number of aromatic nitrogens is 2. The molecule has 0 unspecified atom stereocenters. The molecule has 0 spiro atoms. The second-order valence-corrected chi connectivity index (χ2v) is 5.92. The van der Waals surface area contributed by atoms with E-state index in [0.717, 1.165) is 19.0 Å². The van der Waals surface area contributed by atoms with Gasteiger partial charge in [-0.15, -0.1) is 0 Å². The van der Waals surface area contributed by atoms with Crippen molar-refractivity contribution >= 4 is 43.2 Å². The Morgan fingerprint density at radius 1 is 1.31 bits per heavy atom. The van der Waals surface area contributed by atoms with Crippen molar-refractivity contribution in [3.63, 3.8) is 0 Å². The van der Waals surface area contributed by atoms with E-state index in [-0.39, 0.29) is 0 Å². The maximum Gasteiger partial charge on any atom is 0.160 e. The number of hydrogen-bond acceptors (Lipinski definition) is 3. The van der Waals surface area contributed by atoms with Gasteiger partial charge < -0.3 is 0 Å². The highest BCUT2D eigenvalue weighted by atomic mass is 79.9. The molecule has 0 atom stereocenters. The number of thiazole rings is 1. The Morgan fingerprint density at radius 2 is 2.15 bits per heavy atom. The topological polar surface area (TPSA) is 25.8 Å². The van der Waals surface area contributed by atoms with Gasteiger partial charge in [0.25, 0.3) is 0 Å². The van der Waals surface area contributed by atoms with E-state index in [2.05, 4.69) is 41.8 Å². The van der Waals surface area contributed by atoms with E-state index in [1.165, 1.54) is 0 Å². The molecule has 0 bridgehead atoms. The fourth-order valence-corrected chi connectivity index (χ4v) is 3.59. The molecule has 5 heteroatoms. The lowest BCUT2D eigenvalue weighted by Gasteiger charge is -1.94. The van der Waals surface area contributed by atoms with E-state index in [9.17, 15) is 0 Å². The lowest BCUT2D eigenvalue weighted by atomic mass is 10.2. The zero-order valence-corrected chi connectivity index (χ0v) is 10.4. The van der Waals surface area contributed by atoms with Crippen LogP contribution in [0.5, 0.6) is 0 Å². The minimum absolute atomic E-state index is 0.873. The molecule has 0 radical (unpaired) electrons. The van der Waals surface area contributed by atoms with Crippen LogP contribution >= 0.6 is 43.2 Å². The fraction of sp³-hybridized carbons (Fsp3) is 0. The normalized spacial score (nSPS) is 10.3. The zero-order valence-electron chi connectivity index (χ0n) is 6.37. The van der Waals surface area contributed by atoms with Gasteiger partial charge >= 0.3 is 0 Å². The molecule has 2 heterocycles. The molecule has 66 valence electrons. The summed E-state index contributed by atoms with van der Waals surface area (Å²) in [7, 11) is 0. The van der Waals surface area contributed by atoms with Crippen molar-refractivity contribution in [1.82, 2.24) is 9.97 Å². The van der Waals surface area contributed by atoms with E-state index >= 15 is 0 Å². The first-order valence-corrected chi connectivity index (χ1v) is 5.90. The highest BCUT2D eigenvalue weighted by molar-refractivity contribution is 9.12. The van der Waals surface area contributed by atoms with Gasteiger partial charge in [0.05, 0.1) is 9.48 Å². The Kier molecular flexibility index (Phi) is 2.76. The van der Waals surface area contributed by atoms with Crippen LogP contribution in [0.25, 0.3) is 11.3 Å².